The van der Waals surface area contributed by atoms with Crippen LogP contribution in [0.15, 0.2) is 18.3 Å². The smallest absolute Gasteiger partial charge is 0.155 e. The van der Waals surface area contributed by atoms with E-state index >= 15 is 0 Å². The zero-order valence-electron chi connectivity index (χ0n) is 7.74. The molecule has 0 saturated heterocycles. The molecule has 1 aromatic heterocycles. The maximum atomic E-state index is 5.49. The highest BCUT2D eigenvalue weighted by atomic mass is 16.5. The first-order chi connectivity index (χ1) is 6.24. The minimum atomic E-state index is -0.147. The summed E-state index contributed by atoms with van der Waals surface area (Å²) in [5.41, 5.74) is 6.12. The van der Waals surface area contributed by atoms with Gasteiger partial charge in [0, 0.05) is 6.20 Å². The van der Waals surface area contributed by atoms with E-state index in [0.29, 0.717) is 11.4 Å². The largest absolute Gasteiger partial charge is 0.494 e. The van der Waals surface area contributed by atoms with E-state index in [9.17, 15) is 0 Å². The van der Waals surface area contributed by atoms with Crippen molar-refractivity contribution in [3.63, 3.8) is 0 Å². The van der Waals surface area contributed by atoms with E-state index in [1.54, 1.807) is 19.4 Å². The summed E-state index contributed by atoms with van der Waals surface area (Å²) in [7, 11) is 1.59. The van der Waals surface area contributed by atoms with Crippen LogP contribution in [0.1, 0.15) is 12.6 Å². The normalized spacial score (nSPS) is 11.3. The molecule has 0 spiro atoms. The fourth-order valence-electron chi connectivity index (χ4n) is 0.831. The van der Waals surface area contributed by atoms with Crippen LogP contribution in [-0.4, -0.2) is 18.1 Å². The van der Waals surface area contributed by atoms with Crippen molar-refractivity contribution in [2.45, 2.75) is 13.0 Å². The van der Waals surface area contributed by atoms with Crippen LogP contribution in [0.3, 0.4) is 0 Å². The number of ether oxygens (including phenoxy) is 1. The molecule has 0 aromatic carbocycles. The lowest BCUT2D eigenvalue weighted by atomic mass is 10.3. The summed E-state index contributed by atoms with van der Waals surface area (Å²) >= 11 is 0. The summed E-state index contributed by atoms with van der Waals surface area (Å²) in [6.07, 6.45) is 1.67. The Bertz CT molecular complexity index is 336. The zero-order chi connectivity index (χ0) is 9.68. The van der Waals surface area contributed by atoms with Gasteiger partial charge >= 0.3 is 0 Å². The Kier molecular flexibility index (Phi) is 3.30. The van der Waals surface area contributed by atoms with E-state index in [1.807, 2.05) is 13.0 Å². The SMILES string of the molecule is COc1cccnc1C#CC(C)N. The van der Waals surface area contributed by atoms with Crippen LogP contribution in [0.5, 0.6) is 5.75 Å². The first-order valence-electron chi connectivity index (χ1n) is 4.00. The molecular formula is C10H12N2O. The second-order valence-corrected chi connectivity index (χ2v) is 2.61. The minimum Gasteiger partial charge on any atom is -0.494 e. The highest BCUT2D eigenvalue weighted by molar-refractivity contribution is 5.40. The van der Waals surface area contributed by atoms with E-state index in [4.69, 9.17) is 10.5 Å². The zero-order valence-corrected chi connectivity index (χ0v) is 7.74. The molecule has 0 radical (unpaired) electrons. The predicted molar refractivity (Wildman–Crippen MR) is 51.3 cm³/mol. The summed E-state index contributed by atoms with van der Waals surface area (Å²) in [5, 5.41) is 0. The quantitative estimate of drug-likeness (QED) is 0.643. The molecule has 0 amide bonds. The van der Waals surface area contributed by atoms with Gasteiger partial charge < -0.3 is 10.5 Å². The second-order valence-electron chi connectivity index (χ2n) is 2.61. The molecule has 0 bridgehead atoms. The van der Waals surface area contributed by atoms with Gasteiger partial charge in [-0.1, -0.05) is 5.92 Å². The van der Waals surface area contributed by atoms with Crippen molar-refractivity contribution in [1.82, 2.24) is 4.98 Å². The van der Waals surface area contributed by atoms with Gasteiger partial charge in [0.1, 0.15) is 0 Å². The third kappa shape index (κ3) is 2.77. The van der Waals surface area contributed by atoms with Gasteiger partial charge in [0.05, 0.1) is 13.2 Å². The predicted octanol–water partition coefficient (Wildman–Crippen LogP) is 0.789. The van der Waals surface area contributed by atoms with Crippen molar-refractivity contribution in [2.75, 3.05) is 7.11 Å². The number of nitrogens with zero attached hydrogens (tertiary/aromatic N) is 1. The van der Waals surface area contributed by atoms with E-state index in [1.165, 1.54) is 0 Å². The Morgan fingerprint density at radius 3 is 3.00 bits per heavy atom. The maximum absolute atomic E-state index is 5.49. The number of methoxy groups -OCH3 is 1. The van der Waals surface area contributed by atoms with Gasteiger partial charge in [-0.15, -0.1) is 0 Å². The van der Waals surface area contributed by atoms with Crippen LogP contribution in [0, 0.1) is 11.8 Å². The standard InChI is InChI=1S/C10H12N2O/c1-8(11)5-6-9-10(13-2)4-3-7-12-9/h3-4,7-8H,11H2,1-2H3. The molecule has 3 nitrogen and oxygen atoms in total. The first-order valence-corrected chi connectivity index (χ1v) is 4.00. The maximum Gasteiger partial charge on any atom is 0.155 e. The van der Waals surface area contributed by atoms with Crippen molar-refractivity contribution in [1.29, 1.82) is 0 Å². The van der Waals surface area contributed by atoms with Gasteiger partial charge in [-0.3, -0.25) is 0 Å². The molecule has 13 heavy (non-hydrogen) atoms. The lowest BCUT2D eigenvalue weighted by Gasteiger charge is -2.00. The highest BCUT2D eigenvalue weighted by Gasteiger charge is 1.97. The third-order valence-corrected chi connectivity index (χ3v) is 1.41. The molecule has 0 aliphatic carbocycles. The van der Waals surface area contributed by atoms with Gasteiger partial charge in [0.15, 0.2) is 11.4 Å². The summed E-state index contributed by atoms with van der Waals surface area (Å²) < 4.78 is 5.07. The van der Waals surface area contributed by atoms with Gasteiger partial charge in [-0.2, -0.15) is 0 Å². The second kappa shape index (κ2) is 4.48. The molecule has 1 heterocycles. The number of rotatable bonds is 1. The lowest BCUT2D eigenvalue weighted by Crippen LogP contribution is -2.11. The van der Waals surface area contributed by atoms with E-state index in [0.717, 1.165) is 0 Å². The van der Waals surface area contributed by atoms with E-state index in [2.05, 4.69) is 16.8 Å². The molecule has 1 atom stereocenters. The van der Waals surface area contributed by atoms with Crippen LogP contribution in [0.25, 0.3) is 0 Å². The molecule has 0 aliphatic heterocycles. The monoisotopic (exact) mass is 176 g/mol. The van der Waals surface area contributed by atoms with Crippen molar-refractivity contribution in [2.24, 2.45) is 5.73 Å². The molecule has 2 N–H and O–H groups in total. The molecule has 1 unspecified atom stereocenters. The minimum absolute atomic E-state index is 0.147. The molecule has 0 fully saturated rings. The molecular weight excluding hydrogens is 164 g/mol. The summed E-state index contributed by atoms with van der Waals surface area (Å²) in [6, 6.07) is 3.47. The van der Waals surface area contributed by atoms with E-state index < -0.39 is 0 Å². The van der Waals surface area contributed by atoms with Gasteiger partial charge in [0.2, 0.25) is 0 Å². The number of pyridine rings is 1. The van der Waals surface area contributed by atoms with Crippen LogP contribution < -0.4 is 10.5 Å². The van der Waals surface area contributed by atoms with Crippen molar-refractivity contribution in [3.05, 3.63) is 24.0 Å². The van der Waals surface area contributed by atoms with Gasteiger partial charge in [0.25, 0.3) is 0 Å². The fraction of sp³-hybridized carbons (Fsp3) is 0.300. The Labute approximate surface area is 77.9 Å². The van der Waals surface area contributed by atoms with Crippen molar-refractivity contribution < 1.29 is 4.74 Å². The number of nitrogens with two attached hydrogens (primary N) is 1. The Morgan fingerprint density at radius 1 is 1.62 bits per heavy atom. The Balaban J connectivity index is 2.95. The fourth-order valence-corrected chi connectivity index (χ4v) is 0.831. The van der Waals surface area contributed by atoms with Crippen LogP contribution >= 0.6 is 0 Å². The molecule has 68 valence electrons. The first kappa shape index (κ1) is 9.56. The molecule has 1 aromatic rings. The number of aromatic nitrogens is 1. The molecule has 1 rings (SSSR count). The summed E-state index contributed by atoms with van der Waals surface area (Å²) in [5.74, 6) is 6.35. The van der Waals surface area contributed by atoms with Crippen LogP contribution in [0.2, 0.25) is 0 Å². The summed E-state index contributed by atoms with van der Waals surface area (Å²) in [6.45, 7) is 1.82. The molecule has 0 saturated carbocycles. The van der Waals surface area contributed by atoms with Gasteiger partial charge in [-0.25, -0.2) is 4.98 Å². The Hall–Kier alpha value is -1.53. The molecule has 3 heteroatoms. The number of hydrogen-bond acceptors (Lipinski definition) is 3. The van der Waals surface area contributed by atoms with Crippen molar-refractivity contribution >= 4 is 0 Å². The number of hydrogen-bond donors (Lipinski definition) is 1. The van der Waals surface area contributed by atoms with Crippen molar-refractivity contribution in [3.8, 4) is 17.6 Å². The van der Waals surface area contributed by atoms with Crippen LogP contribution in [0.4, 0.5) is 0 Å². The average molecular weight is 176 g/mol. The molecule has 0 aliphatic rings. The highest BCUT2D eigenvalue weighted by Crippen LogP contribution is 2.12. The average Bonchev–Trinajstić information content (AvgIpc) is 2.15. The van der Waals surface area contributed by atoms with Gasteiger partial charge in [-0.05, 0) is 25.0 Å². The van der Waals surface area contributed by atoms with Crippen LogP contribution in [-0.2, 0) is 0 Å². The Morgan fingerprint density at radius 2 is 2.38 bits per heavy atom. The summed E-state index contributed by atoms with van der Waals surface area (Å²) in [4.78, 5) is 4.07. The topological polar surface area (TPSA) is 48.1 Å². The third-order valence-electron chi connectivity index (χ3n) is 1.41. The van der Waals surface area contributed by atoms with E-state index in [-0.39, 0.29) is 6.04 Å². The lowest BCUT2D eigenvalue weighted by molar-refractivity contribution is 0.411.